The minimum atomic E-state index is 0. The van der Waals surface area contributed by atoms with Gasteiger partial charge in [-0.2, -0.15) is 0 Å². The second-order valence-corrected chi connectivity index (χ2v) is 6.92. The Morgan fingerprint density at radius 2 is 1.57 bits per heavy atom. The van der Waals surface area contributed by atoms with E-state index in [0.717, 1.165) is 26.1 Å². The highest BCUT2D eigenvalue weighted by molar-refractivity contribution is 5.85. The summed E-state index contributed by atoms with van der Waals surface area (Å²) in [4.78, 5) is 16.9. The van der Waals surface area contributed by atoms with Gasteiger partial charge in [-0.15, -0.1) is 12.4 Å². The van der Waals surface area contributed by atoms with Gasteiger partial charge in [0.25, 0.3) is 0 Å². The molecule has 1 aliphatic heterocycles. The summed E-state index contributed by atoms with van der Waals surface area (Å²) in [5.41, 5.74) is 0. The molecule has 1 saturated heterocycles. The first-order valence-electron chi connectivity index (χ1n) is 9.70. The summed E-state index contributed by atoms with van der Waals surface area (Å²) >= 11 is 0. The Hall–Kier alpha value is -0.280. The second-order valence-electron chi connectivity index (χ2n) is 6.92. The number of carbonyl (C=O) groups excluding carboxylic acids is 1. The Bertz CT molecular complexity index is 293. The number of amides is 1. The van der Waals surface area contributed by atoms with E-state index in [1.54, 1.807) is 0 Å². The topological polar surface area (TPSA) is 23.6 Å². The van der Waals surface area contributed by atoms with Crippen LogP contribution in [-0.4, -0.2) is 47.9 Å². The van der Waals surface area contributed by atoms with Gasteiger partial charge >= 0.3 is 0 Å². The van der Waals surface area contributed by atoms with Gasteiger partial charge in [-0.25, -0.2) is 0 Å². The minimum absolute atomic E-state index is 0. The number of rotatable bonds is 12. The maximum Gasteiger partial charge on any atom is 0.236 e. The lowest BCUT2D eigenvalue weighted by atomic mass is 10.0. The van der Waals surface area contributed by atoms with Gasteiger partial charge in [-0.05, 0) is 46.2 Å². The van der Waals surface area contributed by atoms with Crippen LogP contribution in [0, 0.1) is 0 Å². The van der Waals surface area contributed by atoms with Crippen LogP contribution in [0.1, 0.15) is 85.0 Å². The molecule has 0 aromatic carbocycles. The maximum atomic E-state index is 12.5. The number of halogens is 1. The summed E-state index contributed by atoms with van der Waals surface area (Å²) in [6, 6.07) is 0.399. The summed E-state index contributed by atoms with van der Waals surface area (Å²) in [5, 5.41) is 0. The third-order valence-electron chi connectivity index (χ3n) is 4.98. The molecule has 138 valence electrons. The zero-order chi connectivity index (χ0) is 16.2. The molecule has 1 fully saturated rings. The Labute approximate surface area is 150 Å². The van der Waals surface area contributed by atoms with Crippen molar-refractivity contribution in [2.24, 2.45) is 0 Å². The number of carbonyl (C=O) groups is 1. The molecular formula is C19H39ClN2O. The molecule has 0 saturated carbocycles. The fraction of sp³-hybridized carbons (Fsp3) is 0.947. The highest BCUT2D eigenvalue weighted by Crippen LogP contribution is 2.14. The summed E-state index contributed by atoms with van der Waals surface area (Å²) < 4.78 is 0. The van der Waals surface area contributed by atoms with Gasteiger partial charge in [0.05, 0.1) is 6.54 Å². The average Bonchev–Trinajstić information content (AvgIpc) is 3.00. The smallest absolute Gasteiger partial charge is 0.236 e. The summed E-state index contributed by atoms with van der Waals surface area (Å²) in [7, 11) is 0. The summed E-state index contributed by atoms with van der Waals surface area (Å²) in [6.07, 6.45) is 13.1. The van der Waals surface area contributed by atoms with Crippen molar-refractivity contribution in [2.75, 3.05) is 26.2 Å². The summed E-state index contributed by atoms with van der Waals surface area (Å²) in [6.45, 7) is 10.3. The minimum Gasteiger partial charge on any atom is -0.339 e. The van der Waals surface area contributed by atoms with Crippen LogP contribution in [0.15, 0.2) is 0 Å². The lowest BCUT2D eigenvalue weighted by Gasteiger charge is -2.30. The molecule has 0 spiro atoms. The highest BCUT2D eigenvalue weighted by atomic mass is 35.5. The van der Waals surface area contributed by atoms with Crippen molar-refractivity contribution < 1.29 is 4.79 Å². The van der Waals surface area contributed by atoms with E-state index in [9.17, 15) is 4.79 Å². The van der Waals surface area contributed by atoms with Crippen molar-refractivity contribution in [3.05, 3.63) is 0 Å². The monoisotopic (exact) mass is 346 g/mol. The Morgan fingerprint density at radius 3 is 2.13 bits per heavy atom. The van der Waals surface area contributed by atoms with Gasteiger partial charge in [-0.3, -0.25) is 9.69 Å². The average molecular weight is 347 g/mol. The van der Waals surface area contributed by atoms with E-state index in [4.69, 9.17) is 0 Å². The van der Waals surface area contributed by atoms with Crippen LogP contribution >= 0.6 is 12.4 Å². The normalized spacial score (nSPS) is 16.1. The van der Waals surface area contributed by atoms with Gasteiger partial charge in [0, 0.05) is 12.6 Å². The van der Waals surface area contributed by atoms with Crippen molar-refractivity contribution in [3.8, 4) is 0 Å². The van der Waals surface area contributed by atoms with Crippen LogP contribution in [-0.2, 0) is 4.79 Å². The second kappa shape index (κ2) is 14.1. The van der Waals surface area contributed by atoms with E-state index in [0.29, 0.717) is 18.5 Å². The molecular weight excluding hydrogens is 308 g/mol. The first-order chi connectivity index (χ1) is 10.7. The lowest BCUT2D eigenvalue weighted by molar-refractivity contribution is -0.134. The number of nitrogens with zero attached hydrogens (tertiary/aromatic N) is 2. The molecule has 1 unspecified atom stereocenters. The molecule has 0 aliphatic carbocycles. The predicted octanol–water partition coefficient (Wildman–Crippen LogP) is 4.88. The first-order valence-corrected chi connectivity index (χ1v) is 9.70. The molecule has 0 aromatic heterocycles. The zero-order valence-corrected chi connectivity index (χ0v) is 16.5. The van der Waals surface area contributed by atoms with Crippen molar-refractivity contribution in [1.82, 2.24) is 9.80 Å². The number of hydrogen-bond donors (Lipinski definition) is 0. The molecule has 0 N–H and O–H groups in total. The molecule has 0 radical (unpaired) electrons. The molecule has 1 atom stereocenters. The van der Waals surface area contributed by atoms with Gasteiger partial charge in [-0.1, -0.05) is 51.9 Å². The van der Waals surface area contributed by atoms with Gasteiger partial charge in [0.2, 0.25) is 5.91 Å². The molecule has 1 heterocycles. The Morgan fingerprint density at radius 1 is 1.00 bits per heavy atom. The maximum absolute atomic E-state index is 12.5. The molecule has 1 aliphatic rings. The van der Waals surface area contributed by atoms with Crippen LogP contribution in [0.5, 0.6) is 0 Å². The third kappa shape index (κ3) is 9.56. The van der Waals surface area contributed by atoms with E-state index in [1.165, 1.54) is 57.8 Å². The van der Waals surface area contributed by atoms with E-state index in [2.05, 4.69) is 30.6 Å². The molecule has 23 heavy (non-hydrogen) atoms. The van der Waals surface area contributed by atoms with Crippen LogP contribution in [0.25, 0.3) is 0 Å². The zero-order valence-electron chi connectivity index (χ0n) is 15.7. The molecule has 4 heteroatoms. The van der Waals surface area contributed by atoms with Crippen molar-refractivity contribution in [3.63, 3.8) is 0 Å². The molecule has 1 rings (SSSR count). The quantitative estimate of drug-likeness (QED) is 0.470. The van der Waals surface area contributed by atoms with Crippen molar-refractivity contribution >= 4 is 18.3 Å². The Balaban J connectivity index is 0.00000484. The van der Waals surface area contributed by atoms with Crippen LogP contribution in [0.2, 0.25) is 0 Å². The fourth-order valence-corrected chi connectivity index (χ4v) is 3.51. The van der Waals surface area contributed by atoms with Crippen LogP contribution in [0.4, 0.5) is 0 Å². The number of likely N-dealkylation sites (tertiary alicyclic amines) is 1. The summed E-state index contributed by atoms with van der Waals surface area (Å²) in [5.74, 6) is 0.333. The van der Waals surface area contributed by atoms with Gasteiger partial charge in [0.1, 0.15) is 0 Å². The largest absolute Gasteiger partial charge is 0.339 e. The molecule has 1 amide bonds. The molecule has 0 bridgehead atoms. The van der Waals surface area contributed by atoms with E-state index >= 15 is 0 Å². The number of likely N-dealkylation sites (N-methyl/N-ethyl adjacent to an activating group) is 1. The predicted molar refractivity (Wildman–Crippen MR) is 102 cm³/mol. The third-order valence-corrected chi connectivity index (χ3v) is 4.98. The number of unbranched alkanes of at least 4 members (excludes halogenated alkanes) is 6. The van der Waals surface area contributed by atoms with Crippen molar-refractivity contribution in [1.29, 1.82) is 0 Å². The standard InChI is InChI=1S/C19H38N2O.ClH/c1-4-6-7-8-9-10-11-14-18(3)21(5-2)19(22)17-20-15-12-13-16-20;/h18H,4-17H2,1-3H3;1H. The van der Waals surface area contributed by atoms with Gasteiger partial charge < -0.3 is 4.90 Å². The molecule has 0 aromatic rings. The van der Waals surface area contributed by atoms with E-state index < -0.39 is 0 Å². The SMILES string of the molecule is CCCCCCCCCC(C)N(CC)C(=O)CN1CCCC1.Cl. The lowest BCUT2D eigenvalue weighted by Crippen LogP contribution is -2.44. The van der Waals surface area contributed by atoms with Crippen LogP contribution < -0.4 is 0 Å². The fourth-order valence-electron chi connectivity index (χ4n) is 3.51. The number of hydrogen-bond acceptors (Lipinski definition) is 2. The Kier molecular flexibility index (Phi) is 13.9. The van der Waals surface area contributed by atoms with Gasteiger partial charge in [0.15, 0.2) is 0 Å². The van der Waals surface area contributed by atoms with Crippen molar-refractivity contribution in [2.45, 2.75) is 91.0 Å². The molecule has 3 nitrogen and oxygen atoms in total. The van der Waals surface area contributed by atoms with E-state index in [1.807, 2.05) is 0 Å². The van der Waals surface area contributed by atoms with Crippen LogP contribution in [0.3, 0.4) is 0 Å². The highest BCUT2D eigenvalue weighted by Gasteiger charge is 2.22. The van der Waals surface area contributed by atoms with E-state index in [-0.39, 0.29) is 12.4 Å². The first kappa shape index (κ1) is 22.7.